The number of carbonyl (C=O) groups is 2. The zero-order valence-corrected chi connectivity index (χ0v) is 21.8. The van der Waals surface area contributed by atoms with Crippen molar-refractivity contribution in [2.45, 2.75) is 39.8 Å². The molecule has 0 saturated carbocycles. The van der Waals surface area contributed by atoms with Crippen molar-refractivity contribution in [3.05, 3.63) is 107 Å². The van der Waals surface area contributed by atoms with Crippen LogP contribution in [0.4, 0.5) is 0 Å². The Labute approximate surface area is 221 Å². The second kappa shape index (κ2) is 11.0. The Morgan fingerprint density at radius 3 is 2.76 bits per heavy atom. The van der Waals surface area contributed by atoms with Gasteiger partial charge in [0, 0.05) is 13.1 Å². The van der Waals surface area contributed by atoms with Crippen molar-refractivity contribution in [1.29, 1.82) is 0 Å². The fraction of sp³-hybridized carbons (Fsp3) is 0.300. The van der Waals surface area contributed by atoms with Gasteiger partial charge in [-0.2, -0.15) is 0 Å². The summed E-state index contributed by atoms with van der Waals surface area (Å²) in [5.74, 6) is 1.16. The van der Waals surface area contributed by atoms with Gasteiger partial charge in [0.05, 0.1) is 12.3 Å². The van der Waals surface area contributed by atoms with Crippen molar-refractivity contribution in [2.75, 3.05) is 13.1 Å². The van der Waals surface area contributed by atoms with E-state index in [0.29, 0.717) is 36.4 Å². The number of aromatic nitrogens is 1. The lowest BCUT2D eigenvalue weighted by Gasteiger charge is -2.37. The number of aryl methyl sites for hydroxylation is 1. The summed E-state index contributed by atoms with van der Waals surface area (Å²) in [4.78, 5) is 31.8. The first kappa shape index (κ1) is 25.3. The van der Waals surface area contributed by atoms with E-state index in [1.54, 1.807) is 12.1 Å². The smallest absolute Gasteiger partial charge is 0.290 e. The summed E-state index contributed by atoms with van der Waals surface area (Å²) in [5, 5.41) is 2.83. The second-order valence-electron chi connectivity index (χ2n) is 9.92. The van der Waals surface area contributed by atoms with E-state index in [2.05, 4.69) is 16.4 Å². The summed E-state index contributed by atoms with van der Waals surface area (Å²) in [6.07, 6.45) is 3.58. The number of rotatable bonds is 8. The third-order valence-corrected chi connectivity index (χ3v) is 6.51. The molecule has 0 fully saturated rings. The van der Waals surface area contributed by atoms with Crippen LogP contribution in [-0.4, -0.2) is 34.8 Å². The number of nitrogens with one attached hydrogen (secondary N) is 1. The molecule has 0 saturated heterocycles. The van der Waals surface area contributed by atoms with E-state index in [1.807, 2.05) is 62.1 Å². The molecule has 0 unspecified atom stereocenters. The second-order valence-corrected chi connectivity index (χ2v) is 9.92. The highest BCUT2D eigenvalue weighted by Gasteiger charge is 2.34. The average Bonchev–Trinajstić information content (AvgIpc) is 3.62. The summed E-state index contributed by atoms with van der Waals surface area (Å²) < 4.78 is 16.9. The van der Waals surface area contributed by atoms with Gasteiger partial charge in [-0.3, -0.25) is 9.59 Å². The molecule has 0 bridgehead atoms. The van der Waals surface area contributed by atoms with Gasteiger partial charge in [-0.25, -0.2) is 4.98 Å². The Bertz CT molecular complexity index is 1420. The van der Waals surface area contributed by atoms with Crippen LogP contribution in [0.2, 0.25) is 0 Å². The Hall–Kier alpha value is -4.33. The Kier molecular flexibility index (Phi) is 7.31. The predicted octanol–water partition coefficient (Wildman–Crippen LogP) is 5.33. The van der Waals surface area contributed by atoms with Gasteiger partial charge in [0.25, 0.3) is 11.8 Å². The lowest BCUT2D eigenvalue weighted by molar-refractivity contribution is 0.0661. The highest BCUT2D eigenvalue weighted by Crippen LogP contribution is 2.38. The molecule has 38 heavy (non-hydrogen) atoms. The SMILES string of the molecule is Cc1cccc([C@@H]2c3cc(OCc4nc(C(=O)NCC(C)C)co4)ccc3CCN2C(=O)c2ccco2)c1. The van der Waals surface area contributed by atoms with Crippen molar-refractivity contribution in [3.8, 4) is 5.75 Å². The van der Waals surface area contributed by atoms with Gasteiger partial charge < -0.3 is 23.8 Å². The molecule has 196 valence electrons. The minimum atomic E-state index is -0.294. The number of carbonyl (C=O) groups excluding carboxylic acids is 2. The summed E-state index contributed by atoms with van der Waals surface area (Å²) in [5.41, 5.74) is 4.52. The molecule has 0 spiro atoms. The lowest BCUT2D eigenvalue weighted by Crippen LogP contribution is -2.40. The van der Waals surface area contributed by atoms with E-state index < -0.39 is 0 Å². The third kappa shape index (κ3) is 5.49. The standard InChI is InChI=1S/C30H31N3O5/c1-19(2)16-31-29(34)25-17-38-27(32-25)18-37-23-10-9-21-11-12-33(30(35)26-8-5-13-36-26)28(24(21)15-23)22-7-4-6-20(3)14-22/h4-10,13-15,17,19,28H,11-12,16,18H2,1-3H3,(H,31,34)/t28-/m1/s1. The number of ether oxygens (including phenoxy) is 1. The third-order valence-electron chi connectivity index (χ3n) is 6.51. The van der Waals surface area contributed by atoms with E-state index in [9.17, 15) is 9.59 Å². The molecular formula is C30H31N3O5. The van der Waals surface area contributed by atoms with E-state index in [0.717, 1.165) is 28.7 Å². The van der Waals surface area contributed by atoms with Crippen LogP contribution in [0.25, 0.3) is 0 Å². The van der Waals surface area contributed by atoms with Crippen LogP contribution in [0.5, 0.6) is 5.75 Å². The number of fused-ring (bicyclic) bond motifs is 1. The zero-order valence-electron chi connectivity index (χ0n) is 21.8. The average molecular weight is 514 g/mol. The number of hydrogen-bond donors (Lipinski definition) is 1. The number of benzene rings is 2. The molecular weight excluding hydrogens is 482 g/mol. The summed E-state index contributed by atoms with van der Waals surface area (Å²) in [7, 11) is 0. The number of amides is 2. The van der Waals surface area contributed by atoms with Crippen molar-refractivity contribution in [3.63, 3.8) is 0 Å². The maximum Gasteiger partial charge on any atom is 0.290 e. The fourth-order valence-electron chi connectivity index (χ4n) is 4.66. The normalized spacial score (nSPS) is 14.8. The number of furan rings is 1. The van der Waals surface area contributed by atoms with Crippen LogP contribution in [0.3, 0.4) is 0 Å². The molecule has 2 aromatic carbocycles. The molecule has 2 amide bonds. The van der Waals surface area contributed by atoms with E-state index >= 15 is 0 Å². The van der Waals surface area contributed by atoms with Gasteiger partial charge in [0.2, 0.25) is 5.89 Å². The zero-order chi connectivity index (χ0) is 26.6. The minimum absolute atomic E-state index is 0.0698. The van der Waals surface area contributed by atoms with Gasteiger partial charge in [0.15, 0.2) is 18.1 Å². The molecule has 0 radical (unpaired) electrons. The van der Waals surface area contributed by atoms with Crippen LogP contribution >= 0.6 is 0 Å². The topological polar surface area (TPSA) is 97.8 Å². The molecule has 3 heterocycles. The molecule has 8 heteroatoms. The van der Waals surface area contributed by atoms with Crippen LogP contribution in [-0.2, 0) is 13.0 Å². The Morgan fingerprint density at radius 2 is 2.00 bits per heavy atom. The first-order valence-corrected chi connectivity index (χ1v) is 12.8. The molecule has 8 nitrogen and oxygen atoms in total. The van der Waals surface area contributed by atoms with Gasteiger partial charge in [-0.15, -0.1) is 0 Å². The summed E-state index contributed by atoms with van der Waals surface area (Å²) in [6, 6.07) is 17.2. The molecule has 4 aromatic rings. The maximum absolute atomic E-state index is 13.4. The first-order chi connectivity index (χ1) is 18.4. The van der Waals surface area contributed by atoms with Crippen molar-refractivity contribution in [2.24, 2.45) is 5.92 Å². The quantitative estimate of drug-likeness (QED) is 0.342. The Balaban J connectivity index is 1.39. The maximum atomic E-state index is 13.4. The highest BCUT2D eigenvalue weighted by molar-refractivity contribution is 5.92. The van der Waals surface area contributed by atoms with E-state index in [4.69, 9.17) is 13.6 Å². The summed E-state index contributed by atoms with van der Waals surface area (Å²) in [6.45, 7) is 7.30. The van der Waals surface area contributed by atoms with E-state index in [-0.39, 0.29) is 30.2 Å². The van der Waals surface area contributed by atoms with E-state index in [1.165, 1.54) is 12.5 Å². The van der Waals surface area contributed by atoms with Gasteiger partial charge in [-0.1, -0.05) is 49.7 Å². The number of oxazole rings is 1. The highest BCUT2D eigenvalue weighted by atomic mass is 16.5. The van der Waals surface area contributed by atoms with Gasteiger partial charge in [0.1, 0.15) is 12.0 Å². The van der Waals surface area contributed by atoms with Crippen LogP contribution in [0, 0.1) is 12.8 Å². The van der Waals surface area contributed by atoms with Crippen LogP contribution < -0.4 is 10.1 Å². The summed E-state index contributed by atoms with van der Waals surface area (Å²) >= 11 is 0. The molecule has 5 rings (SSSR count). The molecule has 2 aromatic heterocycles. The molecule has 0 aliphatic carbocycles. The molecule has 1 aliphatic rings. The molecule has 1 atom stereocenters. The van der Waals surface area contributed by atoms with Gasteiger partial charge >= 0.3 is 0 Å². The molecule has 1 N–H and O–H groups in total. The largest absolute Gasteiger partial charge is 0.484 e. The van der Waals surface area contributed by atoms with Crippen LogP contribution in [0.1, 0.15) is 69.1 Å². The Morgan fingerprint density at radius 1 is 1.13 bits per heavy atom. The van der Waals surface area contributed by atoms with Crippen LogP contribution in [0.15, 0.2) is 76.0 Å². The molecule has 1 aliphatic heterocycles. The van der Waals surface area contributed by atoms with Crippen molar-refractivity contribution >= 4 is 11.8 Å². The van der Waals surface area contributed by atoms with Crippen molar-refractivity contribution < 1.29 is 23.2 Å². The predicted molar refractivity (Wildman–Crippen MR) is 141 cm³/mol. The number of nitrogens with zero attached hydrogens (tertiary/aromatic N) is 2. The fourth-order valence-corrected chi connectivity index (χ4v) is 4.66. The lowest BCUT2D eigenvalue weighted by atomic mass is 9.87. The van der Waals surface area contributed by atoms with Gasteiger partial charge in [-0.05, 0) is 60.2 Å². The monoisotopic (exact) mass is 513 g/mol. The first-order valence-electron chi connectivity index (χ1n) is 12.8. The number of hydrogen-bond acceptors (Lipinski definition) is 6. The minimum Gasteiger partial charge on any atom is -0.484 e. The van der Waals surface area contributed by atoms with Crippen molar-refractivity contribution in [1.82, 2.24) is 15.2 Å².